The van der Waals surface area contributed by atoms with E-state index in [1.165, 1.54) is 6.08 Å². The first kappa shape index (κ1) is 35.4. The van der Waals surface area contributed by atoms with E-state index in [9.17, 15) is 38.7 Å². The van der Waals surface area contributed by atoms with Gasteiger partial charge in [-0.05, 0) is 56.2 Å². The van der Waals surface area contributed by atoms with E-state index in [1.54, 1.807) is 36.4 Å². The normalized spacial score (nSPS) is 20.3. The van der Waals surface area contributed by atoms with Gasteiger partial charge in [-0.15, -0.1) is 10.1 Å². The summed E-state index contributed by atoms with van der Waals surface area (Å²) in [6, 6.07) is 8.27. The number of aliphatic hydroxyl groups excluding tert-OH is 2. The molecule has 1 amide bonds. The van der Waals surface area contributed by atoms with Gasteiger partial charge in [0.1, 0.15) is 12.4 Å². The largest absolute Gasteiger partial charge is 0.487 e. The second kappa shape index (κ2) is 19.4. The van der Waals surface area contributed by atoms with Gasteiger partial charge in [0.2, 0.25) is 0 Å². The molecular formula is C29H40F2N2O10. The summed E-state index contributed by atoms with van der Waals surface area (Å²) in [5.74, 6) is -4.44. The first-order valence-corrected chi connectivity index (χ1v) is 14.2. The first-order valence-electron chi connectivity index (χ1n) is 14.2. The molecule has 43 heavy (non-hydrogen) atoms. The second-order valence-electron chi connectivity index (χ2n) is 9.98. The maximum atomic E-state index is 14.4. The molecule has 0 heterocycles. The monoisotopic (exact) mass is 614 g/mol. The van der Waals surface area contributed by atoms with Crippen molar-refractivity contribution >= 4 is 12.1 Å². The van der Waals surface area contributed by atoms with E-state index >= 15 is 0 Å². The van der Waals surface area contributed by atoms with Gasteiger partial charge in [-0.25, -0.2) is 4.79 Å². The molecule has 1 fully saturated rings. The Morgan fingerprint density at radius 2 is 1.79 bits per heavy atom. The number of amides is 1. The number of hydrogen-bond donors (Lipinski definition) is 3. The Hall–Kier alpha value is -3.78. The van der Waals surface area contributed by atoms with E-state index in [1.807, 2.05) is 6.08 Å². The Bertz CT molecular complexity index is 1040. The predicted octanol–water partition coefficient (Wildman–Crippen LogP) is 3.99. The third-order valence-corrected chi connectivity index (χ3v) is 6.58. The number of halogens is 2. The number of aliphatic hydroxyl groups is 2. The summed E-state index contributed by atoms with van der Waals surface area (Å²) in [7, 11) is 0. The van der Waals surface area contributed by atoms with Crippen LogP contribution in [0.3, 0.4) is 0 Å². The third-order valence-electron chi connectivity index (χ3n) is 6.58. The van der Waals surface area contributed by atoms with Crippen LogP contribution in [0.4, 0.5) is 13.6 Å². The third kappa shape index (κ3) is 15.3. The van der Waals surface area contributed by atoms with Crippen molar-refractivity contribution in [2.24, 2.45) is 11.8 Å². The van der Waals surface area contributed by atoms with Crippen LogP contribution in [-0.2, 0) is 19.1 Å². The molecule has 1 saturated carbocycles. The lowest BCUT2D eigenvalue weighted by molar-refractivity contribution is -0.757. The zero-order chi connectivity index (χ0) is 31.5. The van der Waals surface area contributed by atoms with Crippen molar-refractivity contribution in [2.45, 2.75) is 63.1 Å². The van der Waals surface area contributed by atoms with Gasteiger partial charge in [0, 0.05) is 18.8 Å². The summed E-state index contributed by atoms with van der Waals surface area (Å²) >= 11 is 0. The van der Waals surface area contributed by atoms with Crippen molar-refractivity contribution in [1.82, 2.24) is 5.32 Å². The predicted molar refractivity (Wildman–Crippen MR) is 150 cm³/mol. The molecule has 14 heteroatoms. The average Bonchev–Trinajstić information content (AvgIpc) is 3.24. The number of nitrogens with one attached hydrogen (secondary N) is 1. The fourth-order valence-corrected chi connectivity index (χ4v) is 4.39. The minimum absolute atomic E-state index is 0.0331. The second-order valence-corrected chi connectivity index (χ2v) is 9.98. The zero-order valence-electron chi connectivity index (χ0n) is 23.9. The van der Waals surface area contributed by atoms with E-state index < -0.39 is 53.7 Å². The van der Waals surface area contributed by atoms with Crippen LogP contribution in [0.25, 0.3) is 0 Å². The number of carbonyl (C=O) groups excluding carboxylic acids is 2. The number of unbranched alkanes of at least 4 members (excludes halogenated alkanes) is 2. The molecule has 0 bridgehead atoms. The Balaban J connectivity index is 1.59. The van der Waals surface area contributed by atoms with E-state index in [4.69, 9.17) is 14.2 Å². The molecule has 2 rings (SSSR count). The first-order chi connectivity index (χ1) is 20.6. The molecule has 1 aromatic rings. The molecule has 0 saturated heterocycles. The van der Waals surface area contributed by atoms with Crippen LogP contribution in [0, 0.1) is 22.0 Å². The van der Waals surface area contributed by atoms with Crippen molar-refractivity contribution in [3.05, 3.63) is 64.8 Å². The van der Waals surface area contributed by atoms with Crippen molar-refractivity contribution in [3.63, 3.8) is 0 Å². The molecule has 1 aliphatic rings. The number of alkyl carbamates (subject to hydrolysis) is 1. The van der Waals surface area contributed by atoms with Crippen LogP contribution in [0.15, 0.2) is 54.6 Å². The van der Waals surface area contributed by atoms with Crippen LogP contribution < -0.4 is 10.1 Å². The smallest absolute Gasteiger partial charge is 0.407 e. The molecule has 1 aliphatic carbocycles. The van der Waals surface area contributed by atoms with Crippen molar-refractivity contribution in [3.8, 4) is 5.75 Å². The fourth-order valence-electron chi connectivity index (χ4n) is 4.39. The summed E-state index contributed by atoms with van der Waals surface area (Å²) in [4.78, 5) is 37.5. The number of esters is 1. The SMILES string of the molecule is O=C(CCC/C=C\C[C@@H]1[C@@H](/C=C/C(F)(F)COc2ccccc2)[C@H](O)C[C@@H]1O)OCCNC(=O)OCCCCO[N+](=O)[O-]. The topological polar surface area (TPSA) is 167 Å². The lowest BCUT2D eigenvalue weighted by atomic mass is 9.89. The highest BCUT2D eigenvalue weighted by Crippen LogP contribution is 2.37. The summed E-state index contributed by atoms with van der Waals surface area (Å²) in [5, 5.41) is 32.2. The number of carbonyl (C=O) groups is 2. The number of alkyl halides is 2. The lowest BCUT2D eigenvalue weighted by Crippen LogP contribution is -2.29. The van der Waals surface area contributed by atoms with Gasteiger partial charge in [0.05, 0.1) is 32.0 Å². The van der Waals surface area contributed by atoms with Crippen molar-refractivity contribution in [1.29, 1.82) is 0 Å². The minimum atomic E-state index is -3.25. The van der Waals surface area contributed by atoms with Gasteiger partial charge in [-0.1, -0.05) is 36.4 Å². The van der Waals surface area contributed by atoms with Crippen LogP contribution in [-0.4, -0.2) is 78.5 Å². The standard InChI is InChI=1S/C29H40F2N2O10/c30-29(31,21-42-22-10-4-3-5-11-22)15-14-24-23(25(34)20-26(24)35)12-6-1-2-7-13-27(36)40-19-16-32-28(37)41-17-8-9-18-43-33(38)39/h1,3-6,10-11,14-15,23-26,34-35H,2,7-9,12-13,16-21H2,(H,32,37)/b6-1-,15-14+/t23-,24-,25+,26-/m1/s1. The number of allylic oxidation sites excluding steroid dienone is 2. The zero-order valence-corrected chi connectivity index (χ0v) is 23.9. The lowest BCUT2D eigenvalue weighted by Gasteiger charge is -2.20. The van der Waals surface area contributed by atoms with Gasteiger partial charge in [0.25, 0.3) is 11.0 Å². The number of rotatable bonds is 20. The highest BCUT2D eigenvalue weighted by molar-refractivity contribution is 5.69. The summed E-state index contributed by atoms with van der Waals surface area (Å²) in [6.45, 7) is -0.826. The summed E-state index contributed by atoms with van der Waals surface area (Å²) < 4.78 is 43.8. The quantitative estimate of drug-likeness (QED) is 0.0643. The number of nitrogens with zero attached hydrogens (tertiary/aromatic N) is 1. The molecule has 4 atom stereocenters. The highest BCUT2D eigenvalue weighted by Gasteiger charge is 2.40. The highest BCUT2D eigenvalue weighted by atomic mass is 19.3. The molecule has 1 aromatic carbocycles. The molecule has 0 radical (unpaired) electrons. The van der Waals surface area contributed by atoms with E-state index in [0.29, 0.717) is 37.9 Å². The van der Waals surface area contributed by atoms with Crippen molar-refractivity contribution < 1.29 is 52.7 Å². The summed E-state index contributed by atoms with van der Waals surface area (Å²) in [6.07, 6.45) is 5.58. The maximum absolute atomic E-state index is 14.4. The van der Waals surface area contributed by atoms with Gasteiger partial charge < -0.3 is 34.6 Å². The Morgan fingerprint density at radius 3 is 2.53 bits per heavy atom. The molecule has 3 N–H and O–H groups in total. The van der Waals surface area contributed by atoms with E-state index in [-0.39, 0.29) is 39.2 Å². The average molecular weight is 615 g/mol. The van der Waals surface area contributed by atoms with Crippen LogP contribution >= 0.6 is 0 Å². The van der Waals surface area contributed by atoms with Gasteiger partial charge in [-0.3, -0.25) is 4.79 Å². The number of benzene rings is 1. The molecule has 0 aliphatic heterocycles. The Labute approximate surface area is 248 Å². The van der Waals surface area contributed by atoms with E-state index in [0.717, 1.165) is 6.08 Å². The molecule has 240 valence electrons. The summed E-state index contributed by atoms with van der Waals surface area (Å²) in [5.41, 5.74) is 0. The minimum Gasteiger partial charge on any atom is -0.487 e. The number of hydrogen-bond acceptors (Lipinski definition) is 10. The Morgan fingerprint density at radius 1 is 1.05 bits per heavy atom. The van der Waals surface area contributed by atoms with Gasteiger partial charge >= 0.3 is 12.1 Å². The molecule has 0 spiro atoms. The molecule has 12 nitrogen and oxygen atoms in total. The number of ether oxygens (including phenoxy) is 3. The van der Waals surface area contributed by atoms with Crippen LogP contribution in [0.5, 0.6) is 5.75 Å². The molecule has 0 aromatic heterocycles. The molecule has 0 unspecified atom stereocenters. The van der Waals surface area contributed by atoms with Gasteiger partial charge in [-0.2, -0.15) is 8.78 Å². The molecular weight excluding hydrogens is 574 g/mol. The Kier molecular flexibility index (Phi) is 16.0. The van der Waals surface area contributed by atoms with Gasteiger partial charge in [0.15, 0.2) is 6.61 Å². The maximum Gasteiger partial charge on any atom is 0.407 e. The van der Waals surface area contributed by atoms with Crippen LogP contribution in [0.1, 0.15) is 44.9 Å². The number of para-hydroxylation sites is 1. The van der Waals surface area contributed by atoms with E-state index in [2.05, 4.69) is 10.2 Å². The fraction of sp³-hybridized carbons (Fsp3) is 0.586. The van der Waals surface area contributed by atoms with Crippen LogP contribution in [0.2, 0.25) is 0 Å². The van der Waals surface area contributed by atoms with Crippen molar-refractivity contribution in [2.75, 3.05) is 33.0 Å².